The minimum Gasteiger partial charge on any atom is -0.147 e. The molecular weight excluding hydrogens is 401 g/mol. The smallest absolute Gasteiger partial charge is 0.147 e. The van der Waals surface area contributed by atoms with Gasteiger partial charge < -0.3 is 0 Å². The van der Waals surface area contributed by atoms with Crippen LogP contribution >= 0.6 is 24.8 Å². The van der Waals surface area contributed by atoms with Gasteiger partial charge in [0, 0.05) is 0 Å². The quantitative estimate of drug-likeness (QED) is 0.385. The van der Waals surface area contributed by atoms with Crippen molar-refractivity contribution in [2.75, 3.05) is 0 Å². The van der Waals surface area contributed by atoms with Gasteiger partial charge in [-0.15, -0.1) is 24.8 Å². The Morgan fingerprint density at radius 2 is 1.39 bits per heavy atom. The van der Waals surface area contributed by atoms with Crippen molar-refractivity contribution in [1.82, 2.24) is 0 Å². The van der Waals surface area contributed by atoms with Crippen LogP contribution in [0.25, 0.3) is 0 Å². The van der Waals surface area contributed by atoms with Crippen LogP contribution in [0.1, 0.15) is 27.2 Å². The van der Waals surface area contributed by atoms with E-state index in [9.17, 15) is 0 Å². The van der Waals surface area contributed by atoms with E-state index in [1.54, 1.807) is 6.46 Å². The molecule has 0 unspecified atom stereocenters. The monoisotopic (exact) mass is 435 g/mol. The van der Waals surface area contributed by atoms with E-state index in [4.69, 9.17) is 0 Å². The molecule has 23 heavy (non-hydrogen) atoms. The molecule has 0 fully saturated rings. The normalized spacial score (nSPS) is 22.6. The summed E-state index contributed by atoms with van der Waals surface area (Å²) in [5, 5.41) is 0.307. The molecule has 0 amide bonds. The van der Waals surface area contributed by atoms with Gasteiger partial charge in [0.05, 0.1) is 0 Å². The maximum atomic E-state index is 2.64. The standard InChI is InChI=1S/C9H14B.C5H5.5CH3.2ClH.Zr/c1-9(2,3)10-7-5-4-6-8-10;1-2-4-5-3-1;;;;;;;;/h4-6H,7H2,1-3H3;1-3H,4H2;5*1H3;2*1H;. The predicted molar refractivity (Wildman–Crippen MR) is 113 cm³/mol. The minimum absolute atomic E-state index is 0. The van der Waals surface area contributed by atoms with Gasteiger partial charge in [-0.3, -0.25) is 0 Å². The van der Waals surface area contributed by atoms with Crippen molar-refractivity contribution in [3.63, 3.8) is 0 Å². The fraction of sp³-hybridized carbons (Fsp3) is 0.579. The molecule has 133 valence electrons. The second-order valence-electron chi connectivity index (χ2n) is 13.2. The van der Waals surface area contributed by atoms with Crippen molar-refractivity contribution in [1.29, 1.82) is 0 Å². The Hall–Kier alpha value is 0.488. The predicted octanol–water partition coefficient (Wildman–Crippen LogP) is 7.96. The fourth-order valence-electron chi connectivity index (χ4n) is 4.52. The van der Waals surface area contributed by atoms with E-state index in [0.29, 0.717) is 12.0 Å². The van der Waals surface area contributed by atoms with Crippen LogP contribution in [0.5, 0.6) is 0 Å². The van der Waals surface area contributed by atoms with Gasteiger partial charge in [0.15, 0.2) is 0 Å². The van der Waals surface area contributed by atoms with E-state index in [1.165, 1.54) is 6.32 Å². The summed E-state index contributed by atoms with van der Waals surface area (Å²) in [6.45, 7) is 7.85. The van der Waals surface area contributed by atoms with Gasteiger partial charge >= 0.3 is 127 Å². The summed E-state index contributed by atoms with van der Waals surface area (Å²) in [6.07, 6.45) is 16.5. The van der Waals surface area contributed by atoms with E-state index in [2.05, 4.69) is 80.4 Å². The van der Waals surface area contributed by atoms with Crippen molar-refractivity contribution in [2.45, 2.75) is 62.0 Å². The summed E-state index contributed by atoms with van der Waals surface area (Å²) in [5.74, 6) is 0. The molecule has 0 aromatic carbocycles. The maximum Gasteiger partial charge on any atom is -0.147 e. The number of allylic oxidation sites excluding steroid dienone is 7. The third-order valence-corrected chi connectivity index (χ3v) is 25.0. The molecule has 1 aliphatic carbocycles. The summed E-state index contributed by atoms with van der Waals surface area (Å²) < 4.78 is 16.6. The first-order valence-corrected chi connectivity index (χ1v) is 23.3. The average Bonchev–Trinajstić information content (AvgIpc) is 2.81. The first-order chi connectivity index (χ1) is 9.08. The molecule has 0 atom stereocenters. The molecule has 1 heterocycles. The third-order valence-electron chi connectivity index (χ3n) is 6.33. The van der Waals surface area contributed by atoms with E-state index < -0.39 is 15.8 Å². The van der Waals surface area contributed by atoms with E-state index >= 15 is 0 Å². The molecule has 0 N–H and O–H groups in total. The van der Waals surface area contributed by atoms with Gasteiger partial charge in [-0.25, -0.2) is 0 Å². The van der Waals surface area contributed by atoms with Gasteiger partial charge in [0.25, 0.3) is 0 Å². The zero-order chi connectivity index (χ0) is 16.3. The Morgan fingerprint density at radius 1 is 0.870 bits per heavy atom. The Kier molecular flexibility index (Phi) is 5.36. The van der Waals surface area contributed by atoms with Gasteiger partial charge in [-0.1, -0.05) is 0 Å². The van der Waals surface area contributed by atoms with Crippen molar-refractivity contribution < 1.29 is 15.8 Å². The van der Waals surface area contributed by atoms with Crippen LogP contribution in [0.2, 0.25) is 34.8 Å². The number of hydrogen-bond donors (Lipinski definition) is 0. The van der Waals surface area contributed by atoms with Crippen molar-refractivity contribution >= 4 is 31.5 Å². The van der Waals surface area contributed by atoms with Crippen molar-refractivity contribution in [2.24, 2.45) is 0 Å². The average molecular weight is 437 g/mol. The minimum atomic E-state index is -4.10. The molecule has 2 rings (SSSR count). The topological polar surface area (TPSA) is 0 Å². The molecule has 0 aromatic rings. The first kappa shape index (κ1) is 23.5. The SMILES string of the molecule is CC(C)(C)B1CC=CC=[C]1[Zr]([CH3])([CH3])([CH3])([CH3])([CH3])[C]1=CC=CC1.Cl.Cl. The molecule has 0 nitrogen and oxygen atoms in total. The van der Waals surface area contributed by atoms with Gasteiger partial charge in [0.1, 0.15) is 0 Å². The Labute approximate surface area is 151 Å². The summed E-state index contributed by atoms with van der Waals surface area (Å²) in [6, 6.07) is 0. The second kappa shape index (κ2) is 5.25. The molecule has 0 saturated carbocycles. The first-order valence-electron chi connectivity index (χ1n) is 8.57. The molecule has 1 aliphatic heterocycles. The molecule has 0 spiro atoms. The van der Waals surface area contributed by atoms with Crippen LogP contribution in [-0.4, -0.2) is 6.71 Å². The molecule has 0 saturated heterocycles. The molecule has 0 radical (unpaired) electrons. The Bertz CT molecular complexity index is 615. The van der Waals surface area contributed by atoms with Crippen LogP contribution in [0.15, 0.2) is 42.9 Å². The number of rotatable bonds is 2. The van der Waals surface area contributed by atoms with Crippen molar-refractivity contribution in [3.05, 3.63) is 42.9 Å². The molecular formula is C19H36BCl2Zr. The zero-order valence-electron chi connectivity index (χ0n) is 16.3. The van der Waals surface area contributed by atoms with Gasteiger partial charge in [0.2, 0.25) is 0 Å². The number of halogens is 2. The fourth-order valence-corrected chi connectivity index (χ4v) is 19.5. The maximum absolute atomic E-state index is 4.10. The Morgan fingerprint density at radius 3 is 1.83 bits per heavy atom. The van der Waals surface area contributed by atoms with Crippen LogP contribution in [-0.2, 0) is 15.8 Å². The summed E-state index contributed by atoms with van der Waals surface area (Å²) in [7, 11) is 0. The number of hydrogen-bond acceptors (Lipinski definition) is 0. The zero-order valence-corrected chi connectivity index (χ0v) is 20.4. The summed E-state index contributed by atoms with van der Waals surface area (Å²) in [5.41, 5.74) is 0. The van der Waals surface area contributed by atoms with E-state index in [1.807, 2.05) is 0 Å². The molecule has 2 aliphatic rings. The van der Waals surface area contributed by atoms with Crippen molar-refractivity contribution in [3.8, 4) is 0 Å². The van der Waals surface area contributed by atoms with Gasteiger partial charge in [-0.2, -0.15) is 0 Å². The molecule has 0 aromatic heterocycles. The van der Waals surface area contributed by atoms with Crippen LogP contribution in [0.4, 0.5) is 0 Å². The molecule has 0 bridgehead atoms. The van der Waals surface area contributed by atoms with E-state index in [0.717, 1.165) is 6.42 Å². The van der Waals surface area contributed by atoms with E-state index in [-0.39, 0.29) is 24.8 Å². The third kappa shape index (κ3) is 4.01. The second-order valence-corrected chi connectivity index (χ2v) is 53.6. The van der Waals surface area contributed by atoms with Crippen LogP contribution in [0, 0.1) is 0 Å². The largest absolute Gasteiger partial charge is 0.147 e. The van der Waals surface area contributed by atoms with Crippen LogP contribution < -0.4 is 0 Å². The Balaban J connectivity index is 0.00000242. The summed E-state index contributed by atoms with van der Waals surface area (Å²) in [4.78, 5) is 0. The molecule has 4 heteroatoms. The van der Waals surface area contributed by atoms with Crippen LogP contribution in [0.3, 0.4) is 0 Å². The van der Waals surface area contributed by atoms with Gasteiger partial charge in [-0.05, 0) is 0 Å². The summed E-state index contributed by atoms with van der Waals surface area (Å²) >= 11 is -4.10.